The Morgan fingerprint density at radius 3 is 2.36 bits per heavy atom. The smallest absolute Gasteiger partial charge is 0.393 e. The highest BCUT2D eigenvalue weighted by Crippen LogP contribution is 2.69. The van der Waals surface area contributed by atoms with Crippen LogP contribution in [-0.2, 0) is 16.2 Å². The van der Waals surface area contributed by atoms with Gasteiger partial charge in [0.2, 0.25) is 0 Å². The van der Waals surface area contributed by atoms with E-state index in [4.69, 9.17) is 0 Å². The lowest BCUT2D eigenvalue weighted by Gasteiger charge is -2.65. The summed E-state index contributed by atoms with van der Waals surface area (Å²) in [6, 6.07) is 2.63. The normalized spacial score (nSPS) is 40.5. The number of aliphatic hydroxyl groups excluding tert-OH is 2. The Labute approximate surface area is 264 Å². The fourth-order valence-corrected chi connectivity index (χ4v) is 11.9. The van der Waals surface area contributed by atoms with Crippen LogP contribution in [0.4, 0.5) is 22.4 Å². The SMILES string of the molecule is CC[C@@H]1[C@@H]2[C@@H](F)[C@H](O)CC[C@]2(C)C2CC[C@@]3(C)C(CCC3[C@H](C)CCNC(=O)NS(=O)(=O)c3ccccc3C(F)(F)F)C2[C@@H]1O. The predicted molar refractivity (Wildman–Crippen MR) is 161 cm³/mol. The van der Waals surface area contributed by atoms with Crippen LogP contribution < -0.4 is 10.0 Å². The van der Waals surface area contributed by atoms with Crippen molar-refractivity contribution in [2.24, 2.45) is 52.3 Å². The fraction of sp³-hybridized carbons (Fsp3) is 0.788. The van der Waals surface area contributed by atoms with Crippen molar-refractivity contribution in [1.82, 2.24) is 10.0 Å². The molecule has 5 rings (SSSR count). The van der Waals surface area contributed by atoms with Crippen LogP contribution in [0, 0.1) is 52.3 Å². The number of amides is 2. The molecule has 0 bridgehead atoms. The molecule has 12 atom stereocenters. The Balaban J connectivity index is 1.23. The zero-order valence-electron chi connectivity index (χ0n) is 26.5. The third-order valence-electron chi connectivity index (χ3n) is 12.8. The predicted octanol–water partition coefficient (Wildman–Crippen LogP) is 6.29. The number of aliphatic hydroxyl groups is 2. The van der Waals surface area contributed by atoms with E-state index in [1.807, 2.05) is 6.92 Å². The van der Waals surface area contributed by atoms with Gasteiger partial charge >= 0.3 is 12.2 Å². The van der Waals surface area contributed by atoms with Crippen LogP contribution in [0.15, 0.2) is 29.2 Å². The summed E-state index contributed by atoms with van der Waals surface area (Å²) < 4.78 is 82.6. The van der Waals surface area contributed by atoms with Crippen LogP contribution in [0.2, 0.25) is 0 Å². The van der Waals surface area contributed by atoms with Crippen molar-refractivity contribution in [1.29, 1.82) is 0 Å². The van der Waals surface area contributed by atoms with Gasteiger partial charge in [-0.15, -0.1) is 0 Å². The summed E-state index contributed by atoms with van der Waals surface area (Å²) in [5, 5.41) is 24.8. The molecule has 4 saturated carbocycles. The summed E-state index contributed by atoms with van der Waals surface area (Å²) in [6.45, 7) is 8.76. The third kappa shape index (κ3) is 5.90. The number of alkyl halides is 4. The fourth-order valence-electron chi connectivity index (χ4n) is 10.7. The Morgan fingerprint density at radius 1 is 1.04 bits per heavy atom. The van der Waals surface area contributed by atoms with Crippen molar-refractivity contribution in [3.63, 3.8) is 0 Å². The van der Waals surface area contributed by atoms with E-state index in [0.717, 1.165) is 50.3 Å². The lowest BCUT2D eigenvalue weighted by Crippen LogP contribution is -2.65. The Bertz CT molecular complexity index is 1360. The average molecular weight is 661 g/mol. The number of halogens is 4. The standard InChI is InChI=1S/C33H48F4N2O5S/c1-5-19-27-28(34)24(40)13-16-32(27,4)23-12-15-31(3)20(10-11-22(31)26(23)29(19)41)18(2)14-17-38-30(42)39-45(43,44)25-9-7-6-8-21(25)33(35,36)37/h6-9,18-20,22-24,26-29,40-41H,5,10-17H2,1-4H3,(H2,38,39,42)/t18-,19-,20?,22?,23?,24-,26?,27-,28+,29-,31-,32-/m1/s1. The number of sulfonamides is 1. The van der Waals surface area contributed by atoms with Gasteiger partial charge in [-0.2, -0.15) is 13.2 Å². The average Bonchev–Trinajstić information content (AvgIpc) is 3.32. The number of benzene rings is 1. The van der Waals surface area contributed by atoms with E-state index in [2.05, 4.69) is 26.1 Å². The molecule has 4 unspecified atom stereocenters. The van der Waals surface area contributed by atoms with Gasteiger partial charge in [-0.25, -0.2) is 22.3 Å². The first-order valence-electron chi connectivity index (χ1n) is 16.4. The lowest BCUT2D eigenvalue weighted by atomic mass is 9.41. The number of carbonyl (C=O) groups excluding carboxylic acids is 1. The number of nitrogens with one attached hydrogen (secondary N) is 2. The molecule has 4 aliphatic carbocycles. The quantitative estimate of drug-likeness (QED) is 0.257. The molecule has 2 amide bonds. The third-order valence-corrected chi connectivity index (χ3v) is 14.1. The monoisotopic (exact) mass is 660 g/mol. The van der Waals surface area contributed by atoms with Gasteiger partial charge in [0.1, 0.15) is 6.17 Å². The van der Waals surface area contributed by atoms with Gasteiger partial charge in [-0.1, -0.05) is 46.2 Å². The van der Waals surface area contributed by atoms with E-state index in [1.165, 1.54) is 0 Å². The molecule has 0 radical (unpaired) electrons. The van der Waals surface area contributed by atoms with E-state index < -0.39 is 51.1 Å². The van der Waals surface area contributed by atoms with E-state index in [-0.39, 0.29) is 52.9 Å². The first-order chi connectivity index (χ1) is 21.0. The minimum absolute atomic E-state index is 0.0563. The molecule has 4 aliphatic rings. The van der Waals surface area contributed by atoms with Gasteiger partial charge in [0, 0.05) is 12.5 Å². The van der Waals surface area contributed by atoms with E-state index in [1.54, 1.807) is 4.72 Å². The van der Waals surface area contributed by atoms with Crippen LogP contribution in [0.3, 0.4) is 0 Å². The second-order valence-corrected chi connectivity index (χ2v) is 16.4. The molecule has 0 spiro atoms. The number of urea groups is 1. The summed E-state index contributed by atoms with van der Waals surface area (Å²) in [7, 11) is -4.75. The molecule has 1 aromatic carbocycles. The number of fused-ring (bicyclic) bond motifs is 5. The molecule has 0 aliphatic heterocycles. The van der Waals surface area contributed by atoms with Gasteiger partial charge in [0.05, 0.1) is 22.7 Å². The molecule has 7 nitrogen and oxygen atoms in total. The first kappa shape index (κ1) is 34.4. The maximum absolute atomic E-state index is 15.6. The first-order valence-corrected chi connectivity index (χ1v) is 17.9. The highest BCUT2D eigenvalue weighted by molar-refractivity contribution is 7.90. The molecule has 1 aromatic rings. The van der Waals surface area contributed by atoms with E-state index in [0.29, 0.717) is 31.2 Å². The number of carbonyl (C=O) groups is 1. The van der Waals surface area contributed by atoms with Crippen molar-refractivity contribution >= 4 is 16.1 Å². The molecule has 0 saturated heterocycles. The van der Waals surface area contributed by atoms with Gasteiger partial charge < -0.3 is 15.5 Å². The maximum Gasteiger partial charge on any atom is 0.417 e. The van der Waals surface area contributed by atoms with E-state index in [9.17, 15) is 36.6 Å². The zero-order chi connectivity index (χ0) is 33.1. The van der Waals surface area contributed by atoms with Crippen molar-refractivity contribution in [2.75, 3.05) is 6.54 Å². The number of hydrogen-bond acceptors (Lipinski definition) is 5. The zero-order valence-corrected chi connectivity index (χ0v) is 27.3. The van der Waals surface area contributed by atoms with Gasteiger partial charge in [0.15, 0.2) is 0 Å². The second-order valence-electron chi connectivity index (χ2n) is 14.8. The Morgan fingerprint density at radius 2 is 1.69 bits per heavy atom. The van der Waals surface area contributed by atoms with Crippen LogP contribution in [-0.4, -0.2) is 49.6 Å². The van der Waals surface area contributed by atoms with Crippen LogP contribution >= 0.6 is 0 Å². The Hall–Kier alpha value is -1.92. The summed E-state index contributed by atoms with van der Waals surface area (Å²) in [6.07, 6.45) is -1.67. The molecule has 4 N–H and O–H groups in total. The van der Waals surface area contributed by atoms with Crippen molar-refractivity contribution in [3.05, 3.63) is 29.8 Å². The van der Waals surface area contributed by atoms with Crippen molar-refractivity contribution in [2.45, 2.75) is 109 Å². The minimum atomic E-state index is -4.90. The number of hydrogen-bond donors (Lipinski definition) is 4. The maximum atomic E-state index is 15.6. The van der Waals surface area contributed by atoms with Crippen LogP contribution in [0.25, 0.3) is 0 Å². The van der Waals surface area contributed by atoms with Crippen LogP contribution in [0.1, 0.15) is 84.6 Å². The van der Waals surface area contributed by atoms with Crippen molar-refractivity contribution in [3.8, 4) is 0 Å². The highest BCUT2D eigenvalue weighted by Gasteiger charge is 2.66. The second kappa shape index (κ2) is 12.3. The molecule has 0 aromatic heterocycles. The molecule has 45 heavy (non-hydrogen) atoms. The summed E-state index contributed by atoms with van der Waals surface area (Å²) in [4.78, 5) is 11.5. The van der Waals surface area contributed by atoms with Gasteiger partial charge in [-0.05, 0) is 103 Å². The largest absolute Gasteiger partial charge is 0.417 e. The molecule has 254 valence electrons. The molecule has 0 heterocycles. The minimum Gasteiger partial charge on any atom is -0.393 e. The highest BCUT2D eigenvalue weighted by atomic mass is 32.2. The van der Waals surface area contributed by atoms with Crippen LogP contribution in [0.5, 0.6) is 0 Å². The summed E-state index contributed by atoms with van der Waals surface area (Å²) >= 11 is 0. The van der Waals surface area contributed by atoms with Gasteiger partial charge in [-0.3, -0.25) is 0 Å². The lowest BCUT2D eigenvalue weighted by molar-refractivity contribution is -0.222. The van der Waals surface area contributed by atoms with Crippen molar-refractivity contribution < 1.29 is 41.0 Å². The van der Waals surface area contributed by atoms with E-state index >= 15 is 4.39 Å². The summed E-state index contributed by atoms with van der Waals surface area (Å²) in [5.41, 5.74) is -1.67. The molecular formula is C33H48F4N2O5S. The molecular weight excluding hydrogens is 612 g/mol. The molecule has 12 heteroatoms. The topological polar surface area (TPSA) is 116 Å². The number of rotatable bonds is 7. The molecule has 4 fully saturated rings. The van der Waals surface area contributed by atoms with Gasteiger partial charge in [0.25, 0.3) is 10.0 Å². The Kier molecular flexibility index (Phi) is 9.38. The summed E-state index contributed by atoms with van der Waals surface area (Å²) in [5.74, 6) is 0.413.